The Hall–Kier alpha value is -3.91. The Kier molecular flexibility index (Phi) is 6.37. The van der Waals surface area contributed by atoms with Crippen LogP contribution >= 0.6 is 0 Å². The number of rotatable bonds is 6. The Labute approximate surface area is 203 Å². The van der Waals surface area contributed by atoms with Crippen LogP contribution < -0.4 is 0 Å². The highest BCUT2D eigenvalue weighted by atomic mass is 16.6. The van der Waals surface area contributed by atoms with E-state index in [1.54, 1.807) is 23.1 Å². The molecule has 1 fully saturated rings. The van der Waals surface area contributed by atoms with E-state index in [9.17, 15) is 14.9 Å². The SMILES string of the molecule is CCn1c2ccccc2c2cc(CN3CCN(C(=O)OCc4ccccc4[N+](=O)[O-])CC3)ccc21. The first-order valence-electron chi connectivity index (χ1n) is 11.9. The summed E-state index contributed by atoms with van der Waals surface area (Å²) in [6.07, 6.45) is -0.434. The fourth-order valence-corrected chi connectivity index (χ4v) is 4.93. The van der Waals surface area contributed by atoms with Gasteiger partial charge in [0.1, 0.15) is 6.61 Å². The average Bonchev–Trinajstić information content (AvgIpc) is 3.21. The smallest absolute Gasteiger partial charge is 0.410 e. The third-order valence-corrected chi connectivity index (χ3v) is 6.73. The number of hydrogen-bond donors (Lipinski definition) is 0. The lowest BCUT2D eigenvalue weighted by Crippen LogP contribution is -2.48. The van der Waals surface area contributed by atoms with Crippen LogP contribution in [0, 0.1) is 10.1 Å². The fourth-order valence-electron chi connectivity index (χ4n) is 4.93. The number of carbonyl (C=O) groups is 1. The van der Waals surface area contributed by atoms with Gasteiger partial charge in [-0.05, 0) is 36.8 Å². The molecular weight excluding hydrogens is 444 g/mol. The molecule has 180 valence electrons. The van der Waals surface area contributed by atoms with Crippen LogP contribution in [0.3, 0.4) is 0 Å². The molecule has 1 amide bonds. The molecule has 0 spiro atoms. The first-order valence-corrected chi connectivity index (χ1v) is 11.9. The second-order valence-electron chi connectivity index (χ2n) is 8.82. The van der Waals surface area contributed by atoms with Gasteiger partial charge >= 0.3 is 6.09 Å². The predicted octanol–water partition coefficient (Wildman–Crippen LogP) is 5.18. The number of fused-ring (bicyclic) bond motifs is 3. The number of aryl methyl sites for hydroxylation is 1. The lowest BCUT2D eigenvalue weighted by molar-refractivity contribution is -0.385. The molecular formula is C27H28N4O4. The van der Waals surface area contributed by atoms with Crippen LogP contribution in [-0.4, -0.2) is 51.6 Å². The van der Waals surface area contributed by atoms with Crippen LogP contribution in [-0.2, 0) is 24.4 Å². The van der Waals surface area contributed by atoms with E-state index in [-0.39, 0.29) is 12.3 Å². The Bertz CT molecular complexity index is 1390. The van der Waals surface area contributed by atoms with Gasteiger partial charge in [0, 0.05) is 67.1 Å². The quantitative estimate of drug-likeness (QED) is 0.285. The number of para-hydroxylation sites is 2. The standard InChI is InChI=1S/C27H28N4O4/c1-2-30-25-10-6-4-8-22(25)23-17-20(11-12-26(23)30)18-28-13-15-29(16-14-28)27(32)35-19-21-7-3-5-9-24(21)31(33)34/h3-12,17H,2,13-16,18-19H2,1H3. The summed E-state index contributed by atoms with van der Waals surface area (Å²) in [5, 5.41) is 13.7. The second-order valence-corrected chi connectivity index (χ2v) is 8.82. The summed E-state index contributed by atoms with van der Waals surface area (Å²) in [6.45, 7) is 6.43. The normalized spacial score (nSPS) is 14.5. The van der Waals surface area contributed by atoms with Crippen molar-refractivity contribution in [2.75, 3.05) is 26.2 Å². The Morgan fingerprint density at radius 3 is 2.43 bits per heavy atom. The molecule has 1 saturated heterocycles. The van der Waals surface area contributed by atoms with Gasteiger partial charge in [0.2, 0.25) is 0 Å². The zero-order valence-electron chi connectivity index (χ0n) is 19.7. The van der Waals surface area contributed by atoms with Gasteiger partial charge in [-0.2, -0.15) is 0 Å². The number of nitrogens with zero attached hydrogens (tertiary/aromatic N) is 4. The third kappa shape index (κ3) is 4.57. The monoisotopic (exact) mass is 472 g/mol. The Balaban J connectivity index is 1.20. The second kappa shape index (κ2) is 9.76. The number of piperazine rings is 1. The molecule has 8 nitrogen and oxygen atoms in total. The summed E-state index contributed by atoms with van der Waals surface area (Å²) in [4.78, 5) is 27.2. The van der Waals surface area contributed by atoms with Crippen molar-refractivity contribution in [3.05, 3.63) is 88.0 Å². The molecule has 8 heteroatoms. The fraction of sp³-hybridized carbons (Fsp3) is 0.296. The Morgan fingerprint density at radius 1 is 0.943 bits per heavy atom. The number of hydrogen-bond acceptors (Lipinski definition) is 5. The van der Waals surface area contributed by atoms with Crippen molar-refractivity contribution >= 4 is 33.6 Å². The minimum absolute atomic E-state index is 0.0378. The molecule has 3 aromatic carbocycles. The maximum atomic E-state index is 12.5. The lowest BCUT2D eigenvalue weighted by atomic mass is 10.1. The molecule has 2 heterocycles. The van der Waals surface area contributed by atoms with Gasteiger partial charge in [-0.15, -0.1) is 0 Å². The summed E-state index contributed by atoms with van der Waals surface area (Å²) in [5.41, 5.74) is 4.12. The zero-order valence-corrected chi connectivity index (χ0v) is 19.7. The molecule has 0 unspecified atom stereocenters. The summed E-state index contributed by atoms with van der Waals surface area (Å²) in [6, 6.07) is 21.5. The van der Waals surface area contributed by atoms with Gasteiger partial charge in [0.25, 0.3) is 5.69 Å². The van der Waals surface area contributed by atoms with Crippen molar-refractivity contribution in [2.45, 2.75) is 26.6 Å². The van der Waals surface area contributed by atoms with E-state index in [1.165, 1.54) is 33.4 Å². The van der Waals surface area contributed by atoms with E-state index in [0.717, 1.165) is 26.2 Å². The van der Waals surface area contributed by atoms with E-state index < -0.39 is 11.0 Å². The summed E-state index contributed by atoms with van der Waals surface area (Å²) in [7, 11) is 0. The third-order valence-electron chi connectivity index (χ3n) is 6.73. The van der Waals surface area contributed by atoms with Crippen LogP contribution in [0.1, 0.15) is 18.1 Å². The molecule has 1 aliphatic heterocycles. The number of ether oxygens (including phenoxy) is 1. The lowest BCUT2D eigenvalue weighted by Gasteiger charge is -2.34. The van der Waals surface area contributed by atoms with E-state index in [1.807, 2.05) is 0 Å². The molecule has 0 bridgehead atoms. The van der Waals surface area contributed by atoms with Crippen molar-refractivity contribution in [3.63, 3.8) is 0 Å². The number of nitro benzene ring substituents is 1. The van der Waals surface area contributed by atoms with Crippen molar-refractivity contribution in [3.8, 4) is 0 Å². The van der Waals surface area contributed by atoms with E-state index >= 15 is 0 Å². The van der Waals surface area contributed by atoms with Gasteiger partial charge in [-0.25, -0.2) is 4.79 Å². The number of benzene rings is 3. The van der Waals surface area contributed by atoms with Crippen LogP contribution in [0.2, 0.25) is 0 Å². The molecule has 35 heavy (non-hydrogen) atoms. The van der Waals surface area contributed by atoms with Crippen LogP contribution in [0.4, 0.5) is 10.5 Å². The molecule has 5 rings (SSSR count). The summed E-state index contributed by atoms with van der Waals surface area (Å²) < 4.78 is 7.73. The largest absolute Gasteiger partial charge is 0.444 e. The molecule has 0 saturated carbocycles. The van der Waals surface area contributed by atoms with Gasteiger partial charge in [0.05, 0.1) is 10.5 Å². The minimum atomic E-state index is -0.459. The maximum absolute atomic E-state index is 12.5. The van der Waals surface area contributed by atoms with Crippen molar-refractivity contribution < 1.29 is 14.5 Å². The van der Waals surface area contributed by atoms with Crippen molar-refractivity contribution in [1.82, 2.24) is 14.4 Å². The number of nitro groups is 1. The number of amides is 1. The van der Waals surface area contributed by atoms with Crippen molar-refractivity contribution in [1.29, 1.82) is 0 Å². The average molecular weight is 473 g/mol. The molecule has 0 radical (unpaired) electrons. The van der Waals surface area contributed by atoms with Gasteiger partial charge in [-0.3, -0.25) is 15.0 Å². The predicted molar refractivity (Wildman–Crippen MR) is 135 cm³/mol. The van der Waals surface area contributed by atoms with E-state index in [0.29, 0.717) is 18.7 Å². The van der Waals surface area contributed by atoms with E-state index in [2.05, 4.69) is 58.9 Å². The van der Waals surface area contributed by atoms with Gasteiger partial charge in [0.15, 0.2) is 0 Å². The molecule has 0 N–H and O–H groups in total. The highest BCUT2D eigenvalue weighted by Gasteiger charge is 2.23. The Morgan fingerprint density at radius 2 is 1.66 bits per heavy atom. The zero-order chi connectivity index (χ0) is 24.4. The first-order chi connectivity index (χ1) is 17.0. The highest BCUT2D eigenvalue weighted by molar-refractivity contribution is 6.08. The maximum Gasteiger partial charge on any atom is 0.410 e. The molecule has 1 aromatic heterocycles. The number of aromatic nitrogens is 1. The molecule has 1 aliphatic rings. The van der Waals surface area contributed by atoms with Gasteiger partial charge < -0.3 is 14.2 Å². The molecule has 0 atom stereocenters. The van der Waals surface area contributed by atoms with E-state index in [4.69, 9.17) is 4.74 Å². The number of carbonyl (C=O) groups excluding carboxylic acids is 1. The van der Waals surface area contributed by atoms with Gasteiger partial charge in [-0.1, -0.05) is 36.4 Å². The topological polar surface area (TPSA) is 80.8 Å². The van der Waals surface area contributed by atoms with Crippen molar-refractivity contribution in [2.24, 2.45) is 0 Å². The van der Waals surface area contributed by atoms with Crippen LogP contribution in [0.5, 0.6) is 0 Å². The first kappa shape index (κ1) is 22.9. The highest BCUT2D eigenvalue weighted by Crippen LogP contribution is 2.30. The molecule has 4 aromatic rings. The minimum Gasteiger partial charge on any atom is -0.444 e. The summed E-state index contributed by atoms with van der Waals surface area (Å²) in [5.74, 6) is 0. The van der Waals surface area contributed by atoms with Crippen LogP contribution in [0.15, 0.2) is 66.7 Å². The van der Waals surface area contributed by atoms with Crippen LogP contribution in [0.25, 0.3) is 21.8 Å². The molecule has 0 aliphatic carbocycles. The summed E-state index contributed by atoms with van der Waals surface area (Å²) >= 11 is 0.